The number of hydrogen-bond donors (Lipinski definition) is 2. The molecule has 2 aliphatic heterocycles. The van der Waals surface area contributed by atoms with E-state index >= 15 is 0 Å². The number of ether oxygens (including phenoxy) is 5. The molecule has 4 N–H and O–H groups in total. The molecule has 2 aromatic heterocycles. The zero-order chi connectivity index (χ0) is 43.0. The third kappa shape index (κ3) is 16.2. The van der Waals surface area contributed by atoms with Gasteiger partial charge < -0.3 is 39.8 Å². The van der Waals surface area contributed by atoms with E-state index in [1.807, 2.05) is 0 Å². The number of nitrogens with two attached hydrogens (primary N) is 1. The summed E-state index contributed by atoms with van der Waals surface area (Å²) in [7, 11) is -4.69. The first-order valence-corrected chi connectivity index (χ1v) is 23.9. The van der Waals surface area contributed by atoms with Crippen LogP contribution < -0.4 is 35.3 Å². The summed E-state index contributed by atoms with van der Waals surface area (Å²) in [5.74, 6) is -0.878. The van der Waals surface area contributed by atoms with Crippen molar-refractivity contribution in [3.63, 3.8) is 0 Å². The zero-order valence-electron chi connectivity index (χ0n) is 36.9. The van der Waals surface area contributed by atoms with Gasteiger partial charge in [-0.25, -0.2) is 14.1 Å². The van der Waals surface area contributed by atoms with Crippen LogP contribution in [0.1, 0.15) is 135 Å². The van der Waals surface area contributed by atoms with E-state index < -0.39 is 50.2 Å². The van der Waals surface area contributed by atoms with Crippen LogP contribution in [0.15, 0.2) is 36.7 Å². The van der Waals surface area contributed by atoms with Crippen LogP contribution in [0.3, 0.4) is 0 Å². The van der Waals surface area contributed by atoms with E-state index in [0.717, 1.165) is 24.8 Å². The van der Waals surface area contributed by atoms with Gasteiger partial charge in [-0.2, -0.15) is 10.4 Å². The Morgan fingerprint density at radius 2 is 1.53 bits per heavy atom. The van der Waals surface area contributed by atoms with Gasteiger partial charge in [0.15, 0.2) is 11.6 Å². The molecule has 0 saturated carbocycles. The second-order valence-corrected chi connectivity index (χ2v) is 18.6. The van der Waals surface area contributed by atoms with Crippen molar-refractivity contribution in [3.8, 4) is 6.07 Å². The predicted molar refractivity (Wildman–Crippen MR) is 232 cm³/mol. The summed E-state index contributed by atoms with van der Waals surface area (Å²) in [5.41, 5.74) is 5.89. The number of unbranched alkanes of at least 4 members (excludes halogenated alkanes) is 15. The molecular weight excluding hydrogens is 871 g/mol. The monoisotopic (exact) mass is 935 g/mol. The molecule has 15 nitrogen and oxygen atoms in total. The number of nitriles is 1. The van der Waals surface area contributed by atoms with Gasteiger partial charge in [-0.3, -0.25) is 9.05 Å². The second-order valence-electron chi connectivity index (χ2n) is 16.3. The number of anilines is 1. The summed E-state index contributed by atoms with van der Waals surface area (Å²) in [5, 5.41) is 15.7. The Hall–Kier alpha value is -1.42. The molecule has 342 valence electrons. The first-order chi connectivity index (χ1) is 28.9. The third-order valence-electron chi connectivity index (χ3n) is 11.0. The molecule has 62 heavy (non-hydrogen) atoms. The summed E-state index contributed by atoms with van der Waals surface area (Å²) in [6.45, 7) is 5.71. The molecular formula is C43H65Cl2N5NaO10P. The molecule has 0 bridgehead atoms. The maximum absolute atomic E-state index is 13.3. The average Bonchev–Trinajstić information content (AvgIpc) is 3.89. The fraction of sp³-hybridized carbons (Fsp3) is 0.698. The molecule has 2 saturated heterocycles. The minimum Gasteiger partial charge on any atom is -0.870 e. The van der Waals surface area contributed by atoms with Crippen LogP contribution in [0.4, 0.5) is 5.82 Å². The number of hydrogen-bond acceptors (Lipinski definition) is 13. The topological polar surface area (TPSA) is 212 Å². The Morgan fingerprint density at radius 3 is 2.15 bits per heavy atom. The van der Waals surface area contributed by atoms with Crippen LogP contribution in [-0.2, 0) is 49.5 Å². The predicted octanol–water partition coefficient (Wildman–Crippen LogP) is 7.08. The smallest absolute Gasteiger partial charge is 0.870 e. The maximum Gasteiger partial charge on any atom is 1.00 e. The number of halogens is 2. The van der Waals surface area contributed by atoms with Crippen molar-refractivity contribution in [2.24, 2.45) is 0 Å². The molecule has 0 amide bonds. The SMILES string of the molecule is CCCCCCCCCCCCCCCCCCOC[C@H](COP(=O)(O)OC[C@H]1O[C@@](C#N)(c2ccc3c(N)ncnn23)[C@@H]2OC(C)(C)O[C@@H]21)OCc1ccc(Cl)c(Cl)c1.[Na+].[OH-]. The van der Waals surface area contributed by atoms with Crippen molar-refractivity contribution in [2.45, 2.75) is 166 Å². The molecule has 3 aromatic rings. The third-order valence-corrected chi connectivity index (χ3v) is 12.7. The average molecular weight is 937 g/mol. The second kappa shape index (κ2) is 27.3. The maximum atomic E-state index is 13.3. The van der Waals surface area contributed by atoms with Gasteiger partial charge in [-0.15, -0.1) is 0 Å². The first-order valence-electron chi connectivity index (χ1n) is 21.7. The molecule has 4 heterocycles. The largest absolute Gasteiger partial charge is 1.00 e. The number of nitrogen functional groups attached to an aromatic ring is 1. The molecule has 19 heteroatoms. The van der Waals surface area contributed by atoms with Gasteiger partial charge in [-0.05, 0) is 50.1 Å². The van der Waals surface area contributed by atoms with Crippen LogP contribution in [0.25, 0.3) is 5.52 Å². The van der Waals surface area contributed by atoms with Crippen LogP contribution >= 0.6 is 31.0 Å². The van der Waals surface area contributed by atoms with E-state index in [9.17, 15) is 14.7 Å². The number of benzene rings is 1. The van der Waals surface area contributed by atoms with Gasteiger partial charge in [0.25, 0.3) is 0 Å². The first kappa shape index (κ1) is 54.9. The Kier molecular flexibility index (Phi) is 24.2. The Morgan fingerprint density at radius 1 is 0.903 bits per heavy atom. The summed E-state index contributed by atoms with van der Waals surface area (Å²) in [6.07, 6.45) is 18.3. The summed E-state index contributed by atoms with van der Waals surface area (Å²) in [6, 6.07) is 10.7. The molecule has 2 fully saturated rings. The molecule has 6 atom stereocenters. The van der Waals surface area contributed by atoms with E-state index in [-0.39, 0.29) is 60.7 Å². The number of phosphoric ester groups is 1. The van der Waals surface area contributed by atoms with E-state index in [1.54, 1.807) is 44.2 Å². The van der Waals surface area contributed by atoms with Crippen LogP contribution in [0.5, 0.6) is 0 Å². The van der Waals surface area contributed by atoms with E-state index in [4.69, 9.17) is 61.7 Å². The Balaban J connectivity index is 0.00000512. The Labute approximate surface area is 399 Å². The van der Waals surface area contributed by atoms with Crippen molar-refractivity contribution in [1.29, 1.82) is 5.26 Å². The minimum atomic E-state index is -4.69. The summed E-state index contributed by atoms with van der Waals surface area (Å²) in [4.78, 5) is 14.9. The van der Waals surface area contributed by atoms with Gasteiger partial charge in [0, 0.05) is 6.61 Å². The number of fused-ring (bicyclic) bond motifs is 2. The van der Waals surface area contributed by atoms with E-state index in [2.05, 4.69) is 23.1 Å². The fourth-order valence-electron chi connectivity index (χ4n) is 7.80. The molecule has 0 radical (unpaired) electrons. The van der Waals surface area contributed by atoms with Gasteiger partial charge in [0.1, 0.15) is 42.3 Å². The fourth-order valence-corrected chi connectivity index (χ4v) is 8.89. The molecule has 5 rings (SSSR count). The number of rotatable bonds is 29. The zero-order valence-corrected chi connectivity index (χ0v) is 41.3. The summed E-state index contributed by atoms with van der Waals surface area (Å²) >= 11 is 12.3. The molecule has 0 spiro atoms. The van der Waals surface area contributed by atoms with Gasteiger partial charge in [-0.1, -0.05) is 133 Å². The summed E-state index contributed by atoms with van der Waals surface area (Å²) < 4.78 is 56.4. The normalized spacial score (nSPS) is 21.8. The van der Waals surface area contributed by atoms with Crippen LogP contribution in [0, 0.1) is 11.3 Å². The van der Waals surface area contributed by atoms with Crippen molar-refractivity contribution in [2.75, 3.05) is 32.2 Å². The van der Waals surface area contributed by atoms with Gasteiger partial charge in [0.2, 0.25) is 5.60 Å². The van der Waals surface area contributed by atoms with Crippen molar-refractivity contribution in [3.05, 3.63) is 58.0 Å². The molecule has 0 aliphatic carbocycles. The van der Waals surface area contributed by atoms with Gasteiger partial charge in [0.05, 0.1) is 42.2 Å². The van der Waals surface area contributed by atoms with Crippen molar-refractivity contribution in [1.82, 2.24) is 14.6 Å². The Bertz CT molecular complexity index is 1870. The number of phosphoric acid groups is 1. The quantitative estimate of drug-likeness (QED) is 0.0405. The number of aromatic nitrogens is 3. The molecule has 2 aliphatic rings. The van der Waals surface area contributed by atoms with Gasteiger partial charge >= 0.3 is 37.4 Å². The minimum absolute atomic E-state index is 0. The van der Waals surface area contributed by atoms with Crippen molar-refractivity contribution < 1.29 is 77.2 Å². The molecule has 1 aromatic carbocycles. The van der Waals surface area contributed by atoms with Crippen molar-refractivity contribution >= 4 is 42.4 Å². The number of nitrogens with zero attached hydrogens (tertiary/aromatic N) is 4. The standard InChI is InChI=1S/C43H64Cl2N5O9P.Na.H2O/c1-4-5-6-7-8-9-10-11-12-13-14-15-16-17-18-19-24-53-27-33(54-26-32-20-21-34(44)35(45)25-32)28-55-60(51,52)56-29-37-39-40(59-42(2,3)58-39)43(30-46,57-37)38-23-22-36-41(47)48-31-49-50(36)38;;/h20-23,25,31,33,37,39-40H,4-19,24,26-29H2,1-3H3,(H,51,52)(H2,47,48,49);;1H2/q;+1;/p-1/t33-,37-,39-,40-,43+;;/m1../s1. The van der Waals surface area contributed by atoms with Crippen LogP contribution in [0.2, 0.25) is 10.0 Å². The van der Waals surface area contributed by atoms with Crippen LogP contribution in [-0.4, -0.2) is 81.6 Å². The van der Waals surface area contributed by atoms with E-state index in [0.29, 0.717) is 27.9 Å². The van der Waals surface area contributed by atoms with E-state index in [1.165, 1.54) is 94.3 Å². The molecule has 1 unspecified atom stereocenters.